The van der Waals surface area contributed by atoms with Crippen LogP contribution in [0, 0.1) is 0 Å². The van der Waals surface area contributed by atoms with Crippen molar-refractivity contribution in [3.8, 4) is 0 Å². The molecule has 0 unspecified atom stereocenters. The molecule has 0 spiro atoms. The van der Waals surface area contributed by atoms with Gasteiger partial charge in [-0.15, -0.1) is 0 Å². The molecular formula is C40H33N5O6. The van der Waals surface area contributed by atoms with Crippen molar-refractivity contribution in [2.45, 2.75) is 39.2 Å². The predicted octanol–water partition coefficient (Wildman–Crippen LogP) is 7.12. The molecule has 4 aromatic carbocycles. The normalized spacial score (nSPS) is 16.2. The van der Waals surface area contributed by atoms with Crippen LogP contribution in [0.4, 0.5) is 11.4 Å². The van der Waals surface area contributed by atoms with Gasteiger partial charge in [0.15, 0.2) is 11.4 Å². The lowest BCUT2D eigenvalue weighted by Crippen LogP contribution is -2.22. The van der Waals surface area contributed by atoms with E-state index in [1.165, 1.54) is 0 Å². The summed E-state index contributed by atoms with van der Waals surface area (Å²) in [6.07, 6.45) is 7.34. The summed E-state index contributed by atoms with van der Waals surface area (Å²) >= 11 is 0. The average Bonchev–Trinajstić information content (AvgIpc) is 3.76. The van der Waals surface area contributed by atoms with Crippen molar-refractivity contribution in [1.82, 2.24) is 4.57 Å². The van der Waals surface area contributed by atoms with Crippen LogP contribution < -0.4 is 10.0 Å². The number of fused-ring (bicyclic) bond motifs is 3. The Bertz CT molecular complexity index is 2200. The number of anilines is 2. The highest BCUT2D eigenvalue weighted by molar-refractivity contribution is 6.54. The first-order valence-electron chi connectivity index (χ1n) is 16.7. The van der Waals surface area contributed by atoms with E-state index in [9.17, 15) is 29.4 Å². The Labute approximate surface area is 292 Å². The Morgan fingerprint density at radius 1 is 0.627 bits per heavy atom. The molecule has 2 aliphatic heterocycles. The number of unbranched alkanes of at least 4 members (excludes halogenated alkanes) is 3. The molecule has 0 aliphatic carbocycles. The second-order valence-electron chi connectivity index (χ2n) is 12.3. The number of aryl methyl sites for hydroxylation is 1. The molecule has 1 aromatic heterocycles. The van der Waals surface area contributed by atoms with Gasteiger partial charge in [0.05, 0.1) is 22.5 Å². The summed E-state index contributed by atoms with van der Waals surface area (Å²) in [6, 6.07) is 28.7. The van der Waals surface area contributed by atoms with E-state index in [0.29, 0.717) is 22.5 Å². The molecule has 254 valence electrons. The van der Waals surface area contributed by atoms with Gasteiger partial charge in [-0.1, -0.05) is 74.7 Å². The standard InChI is InChI=1S/C40H33N5O6/c1-2-3-4-11-20-43-33-18-16-25(23-31-35(39(48)49)41-44(37(31)46)27-12-7-5-8-13-27)21-29(33)30-22-26(17-19-34(30)43)24-32-36(40(50)51)42-45(38(32)47)28-14-9-6-10-15-28/h5-10,12-19,21-24H,2-4,11,20H2,1H3,(H,48,49)(H,50,51)/b31-23-,32-24-. The fourth-order valence-electron chi connectivity index (χ4n) is 6.48. The third-order valence-corrected chi connectivity index (χ3v) is 8.93. The number of hydrogen-bond donors (Lipinski definition) is 2. The molecule has 0 radical (unpaired) electrons. The van der Waals surface area contributed by atoms with Gasteiger partial charge < -0.3 is 14.8 Å². The summed E-state index contributed by atoms with van der Waals surface area (Å²) in [5.74, 6) is -3.72. The molecule has 2 N–H and O–H groups in total. The van der Waals surface area contributed by atoms with Crippen molar-refractivity contribution in [2.24, 2.45) is 10.2 Å². The number of rotatable bonds is 11. The van der Waals surface area contributed by atoms with Gasteiger partial charge >= 0.3 is 11.9 Å². The molecule has 0 fully saturated rings. The van der Waals surface area contributed by atoms with Gasteiger partial charge in [0.2, 0.25) is 0 Å². The first-order valence-corrected chi connectivity index (χ1v) is 16.7. The number of carbonyl (C=O) groups is 4. The Balaban J connectivity index is 1.32. The molecular weight excluding hydrogens is 646 g/mol. The highest BCUT2D eigenvalue weighted by atomic mass is 16.4. The van der Waals surface area contributed by atoms with Crippen LogP contribution in [0.3, 0.4) is 0 Å². The molecule has 11 nitrogen and oxygen atoms in total. The molecule has 0 saturated heterocycles. The van der Waals surface area contributed by atoms with Gasteiger partial charge in [-0.05, 0) is 78.2 Å². The van der Waals surface area contributed by atoms with Crippen LogP contribution in [-0.4, -0.2) is 50.0 Å². The quantitative estimate of drug-likeness (QED) is 0.112. The number of aromatic nitrogens is 1. The summed E-state index contributed by atoms with van der Waals surface area (Å²) in [4.78, 5) is 51.4. The van der Waals surface area contributed by atoms with Gasteiger partial charge in [0, 0.05) is 28.4 Å². The van der Waals surface area contributed by atoms with E-state index in [4.69, 9.17) is 0 Å². The lowest BCUT2D eigenvalue weighted by Gasteiger charge is -2.10. The van der Waals surface area contributed by atoms with Gasteiger partial charge in [-0.3, -0.25) is 9.59 Å². The van der Waals surface area contributed by atoms with Crippen molar-refractivity contribution < 1.29 is 29.4 Å². The zero-order chi connectivity index (χ0) is 35.6. The summed E-state index contributed by atoms with van der Waals surface area (Å²) < 4.78 is 2.23. The first-order chi connectivity index (χ1) is 24.7. The van der Waals surface area contributed by atoms with Gasteiger partial charge in [0.1, 0.15) is 0 Å². The van der Waals surface area contributed by atoms with E-state index in [1.54, 1.807) is 72.8 Å². The largest absolute Gasteiger partial charge is 0.476 e. The molecule has 3 heterocycles. The minimum atomic E-state index is -1.31. The maximum atomic E-state index is 13.5. The van der Waals surface area contributed by atoms with Crippen LogP contribution in [0.25, 0.3) is 34.0 Å². The van der Waals surface area contributed by atoms with Crippen molar-refractivity contribution >= 4 is 80.5 Å². The van der Waals surface area contributed by atoms with Gasteiger partial charge in [-0.2, -0.15) is 20.2 Å². The first kappa shape index (κ1) is 32.9. The number of hydrogen-bond acceptors (Lipinski definition) is 6. The fourth-order valence-corrected chi connectivity index (χ4v) is 6.48. The number of carboxylic acid groups (broad SMARTS) is 2. The SMILES string of the molecule is CCCCCCn1c2ccc(/C=C3\C(=O)N(c4ccccc4)N=C3C(=O)O)cc2c2cc(/C=C3\C(=O)N(c4ccccc4)N=C3C(=O)O)ccc21. The molecule has 0 saturated carbocycles. The van der Waals surface area contributed by atoms with E-state index >= 15 is 0 Å². The second-order valence-corrected chi connectivity index (χ2v) is 12.3. The number of hydrazone groups is 2. The fraction of sp³-hybridized carbons (Fsp3) is 0.150. The van der Waals surface area contributed by atoms with E-state index in [-0.39, 0.29) is 22.6 Å². The zero-order valence-corrected chi connectivity index (χ0v) is 27.7. The number of carboxylic acids is 2. The third kappa shape index (κ3) is 6.21. The number of nitrogens with zero attached hydrogens (tertiary/aromatic N) is 5. The summed E-state index contributed by atoms with van der Waals surface area (Å²) in [7, 11) is 0. The van der Waals surface area contributed by atoms with Crippen LogP contribution in [0.15, 0.2) is 118 Å². The molecule has 0 atom stereocenters. The highest BCUT2D eigenvalue weighted by Crippen LogP contribution is 2.34. The molecule has 5 aromatic rings. The molecule has 7 rings (SSSR count). The van der Waals surface area contributed by atoms with Crippen LogP contribution >= 0.6 is 0 Å². The highest BCUT2D eigenvalue weighted by Gasteiger charge is 2.36. The topological polar surface area (TPSA) is 145 Å². The maximum Gasteiger partial charge on any atom is 0.357 e. The Morgan fingerprint density at radius 3 is 1.49 bits per heavy atom. The van der Waals surface area contributed by atoms with Crippen LogP contribution in [0.5, 0.6) is 0 Å². The second kappa shape index (κ2) is 13.7. The summed E-state index contributed by atoms with van der Waals surface area (Å²) in [6.45, 7) is 2.93. The molecule has 2 amide bonds. The minimum absolute atomic E-state index is 0.0392. The minimum Gasteiger partial charge on any atom is -0.476 e. The van der Waals surface area contributed by atoms with Crippen molar-refractivity contribution in [2.75, 3.05) is 10.0 Å². The molecule has 0 bridgehead atoms. The van der Waals surface area contributed by atoms with Crippen molar-refractivity contribution in [3.63, 3.8) is 0 Å². The lowest BCUT2D eigenvalue weighted by atomic mass is 10.0. The predicted molar refractivity (Wildman–Crippen MR) is 198 cm³/mol. The number of para-hydroxylation sites is 2. The van der Waals surface area contributed by atoms with E-state index in [2.05, 4.69) is 21.7 Å². The Kier molecular flexibility index (Phi) is 8.85. The molecule has 51 heavy (non-hydrogen) atoms. The third-order valence-electron chi connectivity index (χ3n) is 8.93. The molecule has 11 heteroatoms. The van der Waals surface area contributed by atoms with Crippen LogP contribution in [0.2, 0.25) is 0 Å². The van der Waals surface area contributed by atoms with Crippen LogP contribution in [-0.2, 0) is 25.7 Å². The number of benzene rings is 4. The van der Waals surface area contributed by atoms with Crippen molar-refractivity contribution in [1.29, 1.82) is 0 Å². The van der Waals surface area contributed by atoms with Gasteiger partial charge in [0.25, 0.3) is 11.8 Å². The number of carbonyl (C=O) groups excluding carboxylic acids is 2. The average molecular weight is 680 g/mol. The van der Waals surface area contributed by atoms with Crippen molar-refractivity contribution in [3.05, 3.63) is 119 Å². The van der Waals surface area contributed by atoms with E-state index < -0.39 is 23.8 Å². The Morgan fingerprint density at radius 2 is 1.08 bits per heavy atom. The lowest BCUT2D eigenvalue weighted by molar-refractivity contribution is -0.130. The summed E-state index contributed by atoms with van der Waals surface area (Å²) in [5.41, 5.74) is 3.24. The summed E-state index contributed by atoms with van der Waals surface area (Å²) in [5, 5.41) is 32.0. The number of aliphatic carboxylic acids is 2. The van der Waals surface area contributed by atoms with E-state index in [0.717, 1.165) is 64.1 Å². The van der Waals surface area contributed by atoms with Crippen LogP contribution in [0.1, 0.15) is 43.7 Å². The zero-order valence-electron chi connectivity index (χ0n) is 27.7. The Hall–Kier alpha value is -6.62. The molecule has 2 aliphatic rings. The number of amides is 2. The van der Waals surface area contributed by atoms with E-state index in [1.807, 2.05) is 36.4 Å². The maximum absolute atomic E-state index is 13.5. The smallest absolute Gasteiger partial charge is 0.357 e. The monoisotopic (exact) mass is 679 g/mol. The van der Waals surface area contributed by atoms with Gasteiger partial charge in [-0.25, -0.2) is 9.59 Å².